The average molecular weight is 318 g/mol. The minimum atomic E-state index is -0.270. The summed E-state index contributed by atoms with van der Waals surface area (Å²) in [6, 6.07) is 10.2. The maximum absolute atomic E-state index is 12.9. The molecule has 22 heavy (non-hydrogen) atoms. The molecule has 1 aromatic heterocycles. The fourth-order valence-electron chi connectivity index (χ4n) is 2.07. The van der Waals surface area contributed by atoms with Crippen LogP contribution in [0.4, 0.5) is 10.1 Å². The summed E-state index contributed by atoms with van der Waals surface area (Å²) < 4.78 is 12.9. The van der Waals surface area contributed by atoms with Crippen molar-refractivity contribution in [2.75, 3.05) is 26.0 Å². The van der Waals surface area contributed by atoms with Gasteiger partial charge in [-0.1, -0.05) is 6.07 Å². The van der Waals surface area contributed by atoms with E-state index in [9.17, 15) is 4.39 Å². The summed E-state index contributed by atoms with van der Waals surface area (Å²) >= 11 is 5.27. The normalized spacial score (nSPS) is 12.0. The molecule has 0 aliphatic rings. The van der Waals surface area contributed by atoms with Gasteiger partial charge in [0.1, 0.15) is 5.82 Å². The molecule has 0 saturated carbocycles. The molecule has 1 atom stereocenters. The lowest BCUT2D eigenvalue weighted by atomic mass is 10.1. The van der Waals surface area contributed by atoms with Gasteiger partial charge in [-0.15, -0.1) is 0 Å². The number of thiocarbonyl (C=S) groups is 1. The van der Waals surface area contributed by atoms with Crippen LogP contribution in [0.5, 0.6) is 0 Å². The standard InChI is InChI=1S/C16H19FN4S/c1-21(2)15(12-4-3-9-18-10-12)11-19-16(22)20-14-7-5-13(17)6-8-14/h3-10,15H,11H2,1-2H3,(H2,19,20,22)/t15-/m0/s1. The molecule has 6 heteroatoms. The van der Waals surface area contributed by atoms with Gasteiger partial charge in [-0.3, -0.25) is 4.98 Å². The van der Waals surface area contributed by atoms with Crippen molar-refractivity contribution in [3.8, 4) is 0 Å². The zero-order chi connectivity index (χ0) is 15.9. The van der Waals surface area contributed by atoms with Gasteiger partial charge >= 0.3 is 0 Å². The maximum Gasteiger partial charge on any atom is 0.170 e. The smallest absolute Gasteiger partial charge is 0.170 e. The highest BCUT2D eigenvalue weighted by Gasteiger charge is 2.14. The number of pyridine rings is 1. The van der Waals surface area contributed by atoms with E-state index in [2.05, 4.69) is 20.5 Å². The molecule has 0 spiro atoms. The van der Waals surface area contributed by atoms with Crippen LogP contribution in [0.25, 0.3) is 0 Å². The van der Waals surface area contributed by atoms with Crippen molar-refractivity contribution < 1.29 is 4.39 Å². The van der Waals surface area contributed by atoms with Crippen molar-refractivity contribution in [2.24, 2.45) is 0 Å². The van der Waals surface area contributed by atoms with E-state index < -0.39 is 0 Å². The molecule has 0 radical (unpaired) electrons. The monoisotopic (exact) mass is 318 g/mol. The van der Waals surface area contributed by atoms with Crippen LogP contribution in [0.15, 0.2) is 48.8 Å². The molecule has 0 aliphatic heterocycles. The van der Waals surface area contributed by atoms with E-state index in [0.717, 1.165) is 11.3 Å². The Morgan fingerprint density at radius 3 is 2.59 bits per heavy atom. The van der Waals surface area contributed by atoms with E-state index in [-0.39, 0.29) is 11.9 Å². The van der Waals surface area contributed by atoms with Crippen LogP contribution in [0.3, 0.4) is 0 Å². The summed E-state index contributed by atoms with van der Waals surface area (Å²) in [6.07, 6.45) is 3.60. The minimum Gasteiger partial charge on any atom is -0.361 e. The first-order chi connectivity index (χ1) is 10.6. The van der Waals surface area contributed by atoms with E-state index in [1.807, 2.05) is 32.4 Å². The second-order valence-electron chi connectivity index (χ2n) is 5.11. The van der Waals surface area contributed by atoms with E-state index in [1.165, 1.54) is 12.1 Å². The fraction of sp³-hybridized carbons (Fsp3) is 0.250. The van der Waals surface area contributed by atoms with Crippen molar-refractivity contribution in [3.63, 3.8) is 0 Å². The van der Waals surface area contributed by atoms with Gasteiger partial charge in [0, 0.05) is 24.6 Å². The van der Waals surface area contributed by atoms with Crippen LogP contribution in [-0.4, -0.2) is 35.6 Å². The summed E-state index contributed by atoms with van der Waals surface area (Å²) in [5.41, 5.74) is 1.87. The number of rotatable bonds is 5. The zero-order valence-corrected chi connectivity index (χ0v) is 13.4. The predicted molar refractivity (Wildman–Crippen MR) is 91.3 cm³/mol. The average Bonchev–Trinajstić information content (AvgIpc) is 2.50. The van der Waals surface area contributed by atoms with Crippen molar-refractivity contribution in [2.45, 2.75) is 6.04 Å². The molecular weight excluding hydrogens is 299 g/mol. The second-order valence-corrected chi connectivity index (χ2v) is 5.52. The first-order valence-corrected chi connectivity index (χ1v) is 7.34. The van der Waals surface area contributed by atoms with Crippen molar-refractivity contribution in [1.29, 1.82) is 0 Å². The molecule has 0 saturated heterocycles. The Labute approximate surface area is 135 Å². The van der Waals surface area contributed by atoms with Gasteiger partial charge in [0.15, 0.2) is 5.11 Å². The highest BCUT2D eigenvalue weighted by molar-refractivity contribution is 7.80. The van der Waals surface area contributed by atoms with Crippen LogP contribution < -0.4 is 10.6 Å². The summed E-state index contributed by atoms with van der Waals surface area (Å²) in [7, 11) is 4.02. The number of hydrogen-bond acceptors (Lipinski definition) is 3. The number of benzene rings is 1. The van der Waals surface area contributed by atoms with Crippen LogP contribution in [-0.2, 0) is 0 Å². The molecule has 1 aromatic carbocycles. The SMILES string of the molecule is CN(C)[C@@H](CNC(=S)Nc1ccc(F)cc1)c1cccnc1. The third-order valence-electron chi connectivity index (χ3n) is 3.25. The third-order valence-corrected chi connectivity index (χ3v) is 3.50. The number of nitrogens with one attached hydrogen (secondary N) is 2. The summed E-state index contributed by atoms with van der Waals surface area (Å²) in [4.78, 5) is 6.25. The van der Waals surface area contributed by atoms with E-state index in [4.69, 9.17) is 12.2 Å². The highest BCUT2D eigenvalue weighted by Crippen LogP contribution is 2.16. The Bertz CT molecular complexity index is 601. The van der Waals surface area contributed by atoms with Gasteiger partial charge < -0.3 is 15.5 Å². The van der Waals surface area contributed by atoms with Crippen molar-refractivity contribution in [1.82, 2.24) is 15.2 Å². The second kappa shape index (κ2) is 7.82. The third kappa shape index (κ3) is 4.75. The van der Waals surface area contributed by atoms with Crippen LogP contribution in [0, 0.1) is 5.82 Å². The summed E-state index contributed by atoms with van der Waals surface area (Å²) in [5.74, 6) is -0.270. The van der Waals surface area contributed by atoms with Crippen LogP contribution in [0.2, 0.25) is 0 Å². The lowest BCUT2D eigenvalue weighted by Gasteiger charge is -2.25. The zero-order valence-electron chi connectivity index (χ0n) is 12.6. The first kappa shape index (κ1) is 16.3. The Morgan fingerprint density at radius 2 is 2.00 bits per heavy atom. The quantitative estimate of drug-likeness (QED) is 0.830. The molecule has 0 aliphatic carbocycles. The molecule has 1 heterocycles. The fourth-order valence-corrected chi connectivity index (χ4v) is 2.27. The van der Waals surface area contributed by atoms with Crippen LogP contribution >= 0.6 is 12.2 Å². The number of aromatic nitrogens is 1. The Kier molecular flexibility index (Phi) is 5.80. The Hall–Kier alpha value is -2.05. The lowest BCUT2D eigenvalue weighted by Crippen LogP contribution is -2.36. The molecule has 0 unspecified atom stereocenters. The first-order valence-electron chi connectivity index (χ1n) is 6.93. The Balaban J connectivity index is 1.92. The molecule has 0 fully saturated rings. The van der Waals surface area contributed by atoms with Gasteiger partial charge in [0.2, 0.25) is 0 Å². The van der Waals surface area contributed by atoms with Crippen molar-refractivity contribution in [3.05, 3.63) is 60.2 Å². The van der Waals surface area contributed by atoms with Gasteiger partial charge in [-0.25, -0.2) is 4.39 Å². The Morgan fingerprint density at radius 1 is 1.27 bits per heavy atom. The van der Waals surface area contributed by atoms with Crippen LogP contribution in [0.1, 0.15) is 11.6 Å². The largest absolute Gasteiger partial charge is 0.361 e. The molecular formula is C16H19FN4S. The van der Waals surface area contributed by atoms with E-state index in [1.54, 1.807) is 18.3 Å². The predicted octanol–water partition coefficient (Wildman–Crippen LogP) is 2.81. The molecule has 0 amide bonds. The summed E-state index contributed by atoms with van der Waals surface area (Å²) in [6.45, 7) is 0.645. The van der Waals surface area contributed by atoms with Gasteiger partial charge in [0.05, 0.1) is 6.04 Å². The van der Waals surface area contributed by atoms with Gasteiger partial charge in [-0.2, -0.15) is 0 Å². The van der Waals surface area contributed by atoms with E-state index in [0.29, 0.717) is 11.7 Å². The molecule has 0 bridgehead atoms. The minimum absolute atomic E-state index is 0.154. The van der Waals surface area contributed by atoms with Gasteiger partial charge in [-0.05, 0) is 62.2 Å². The number of likely N-dealkylation sites (N-methyl/N-ethyl adjacent to an activating group) is 1. The molecule has 2 rings (SSSR count). The molecule has 2 N–H and O–H groups in total. The highest BCUT2D eigenvalue weighted by atomic mass is 32.1. The van der Waals surface area contributed by atoms with Crippen molar-refractivity contribution >= 4 is 23.0 Å². The molecule has 116 valence electrons. The molecule has 2 aromatic rings. The number of nitrogens with zero attached hydrogens (tertiary/aromatic N) is 2. The van der Waals surface area contributed by atoms with Gasteiger partial charge in [0.25, 0.3) is 0 Å². The van der Waals surface area contributed by atoms with E-state index >= 15 is 0 Å². The summed E-state index contributed by atoms with van der Waals surface area (Å²) in [5, 5.41) is 6.72. The topological polar surface area (TPSA) is 40.2 Å². The molecule has 4 nitrogen and oxygen atoms in total. The number of anilines is 1. The number of halogens is 1. The lowest BCUT2D eigenvalue weighted by molar-refractivity contribution is 0.298. The number of hydrogen-bond donors (Lipinski definition) is 2. The maximum atomic E-state index is 12.9.